The van der Waals surface area contributed by atoms with Gasteiger partial charge in [-0.2, -0.15) is 0 Å². The van der Waals surface area contributed by atoms with Crippen LogP contribution in [0.15, 0.2) is 29.7 Å². The number of rotatable bonds is 6. The summed E-state index contributed by atoms with van der Waals surface area (Å²) in [6.07, 6.45) is 1.54. The first kappa shape index (κ1) is 16.7. The average Bonchev–Trinajstić information content (AvgIpc) is 2.92. The summed E-state index contributed by atoms with van der Waals surface area (Å²) in [4.78, 5) is 22.6. The summed E-state index contributed by atoms with van der Waals surface area (Å²) in [5.41, 5.74) is 0.117. The van der Waals surface area contributed by atoms with E-state index in [0.29, 0.717) is 10.9 Å². The van der Waals surface area contributed by atoms with Gasteiger partial charge in [-0.05, 0) is 13.0 Å². The number of non-ortho nitro benzene ring substituents is 1. The molecule has 1 amide bonds. The summed E-state index contributed by atoms with van der Waals surface area (Å²) >= 11 is 1.23. The molecule has 1 heterocycles. The summed E-state index contributed by atoms with van der Waals surface area (Å²) in [6.45, 7) is 1.71. The van der Waals surface area contributed by atoms with E-state index in [1.54, 1.807) is 18.5 Å². The number of carbonyl (C=O) groups excluding carboxylic acids is 1. The first-order valence-electron chi connectivity index (χ1n) is 6.56. The molecule has 10 heteroatoms. The maximum Gasteiger partial charge on any atom is 0.271 e. The second-order valence-corrected chi connectivity index (χ2v) is 5.92. The molecule has 0 bridgehead atoms. The third-order valence-corrected chi connectivity index (χ3v) is 4.12. The van der Waals surface area contributed by atoms with Crippen molar-refractivity contribution in [3.05, 3.63) is 34.6 Å². The summed E-state index contributed by atoms with van der Waals surface area (Å²) in [7, 11) is 3.20. The number of aromatic nitrogens is 3. The van der Waals surface area contributed by atoms with Crippen LogP contribution in [0.4, 0.5) is 11.4 Å². The van der Waals surface area contributed by atoms with Gasteiger partial charge in [0.2, 0.25) is 5.91 Å². The zero-order valence-electron chi connectivity index (χ0n) is 12.7. The molecule has 1 atom stereocenters. The zero-order valence-corrected chi connectivity index (χ0v) is 13.5. The van der Waals surface area contributed by atoms with Gasteiger partial charge in [0.25, 0.3) is 5.69 Å². The molecular formula is C13H15N5O4S. The van der Waals surface area contributed by atoms with E-state index in [4.69, 9.17) is 4.74 Å². The molecule has 2 rings (SSSR count). The van der Waals surface area contributed by atoms with E-state index in [9.17, 15) is 14.9 Å². The predicted molar refractivity (Wildman–Crippen MR) is 84.6 cm³/mol. The van der Waals surface area contributed by atoms with Crippen LogP contribution in [-0.4, -0.2) is 38.0 Å². The van der Waals surface area contributed by atoms with Crippen molar-refractivity contribution in [2.45, 2.75) is 17.3 Å². The Morgan fingerprint density at radius 1 is 1.52 bits per heavy atom. The molecule has 122 valence electrons. The summed E-state index contributed by atoms with van der Waals surface area (Å²) < 4.78 is 6.81. The van der Waals surface area contributed by atoms with Gasteiger partial charge in [-0.25, -0.2) is 0 Å². The van der Waals surface area contributed by atoms with Crippen molar-refractivity contribution in [2.24, 2.45) is 7.05 Å². The smallest absolute Gasteiger partial charge is 0.271 e. The van der Waals surface area contributed by atoms with Crippen molar-refractivity contribution < 1.29 is 14.5 Å². The van der Waals surface area contributed by atoms with Gasteiger partial charge in [-0.1, -0.05) is 11.8 Å². The maximum atomic E-state index is 12.3. The Bertz CT molecular complexity index is 733. The van der Waals surface area contributed by atoms with Gasteiger partial charge in [-0.3, -0.25) is 14.9 Å². The average molecular weight is 337 g/mol. The van der Waals surface area contributed by atoms with Crippen molar-refractivity contribution in [2.75, 3.05) is 12.4 Å². The molecule has 0 aliphatic carbocycles. The SMILES string of the molecule is COc1ccc([N+](=O)[O-])cc1NC(=O)[C@@H](C)Sc1nncn1C. The van der Waals surface area contributed by atoms with Crippen LogP contribution in [0.5, 0.6) is 5.75 Å². The van der Waals surface area contributed by atoms with Crippen LogP contribution in [0.25, 0.3) is 0 Å². The van der Waals surface area contributed by atoms with Crippen LogP contribution in [0.1, 0.15) is 6.92 Å². The number of nitrogens with one attached hydrogen (secondary N) is 1. The minimum atomic E-state index is -0.535. The molecule has 0 radical (unpaired) electrons. The monoisotopic (exact) mass is 337 g/mol. The molecule has 2 aromatic rings. The molecule has 1 N–H and O–H groups in total. The number of hydrogen-bond donors (Lipinski definition) is 1. The van der Waals surface area contributed by atoms with Crippen LogP contribution in [0.2, 0.25) is 0 Å². The summed E-state index contributed by atoms with van der Waals surface area (Å²) in [5.74, 6) is 0.0246. The highest BCUT2D eigenvalue weighted by Crippen LogP contribution is 2.30. The van der Waals surface area contributed by atoms with Gasteiger partial charge >= 0.3 is 0 Å². The fourth-order valence-corrected chi connectivity index (χ4v) is 2.52. The van der Waals surface area contributed by atoms with Gasteiger partial charge in [0.05, 0.1) is 23.0 Å². The molecule has 1 aromatic carbocycles. The molecule has 9 nitrogen and oxygen atoms in total. The normalized spacial score (nSPS) is 11.8. The number of methoxy groups -OCH3 is 1. The van der Waals surface area contributed by atoms with E-state index in [1.807, 2.05) is 0 Å². The molecule has 0 saturated heterocycles. The third kappa shape index (κ3) is 3.97. The fraction of sp³-hybridized carbons (Fsp3) is 0.308. The standard InChI is InChI=1S/C13H15N5O4S/c1-8(23-13-16-14-7-17(13)2)12(19)15-10-6-9(18(20)21)4-5-11(10)22-3/h4-8H,1-3H3,(H,15,19)/t8-/m1/s1. The lowest BCUT2D eigenvalue weighted by Crippen LogP contribution is -2.23. The molecule has 0 aliphatic rings. The molecule has 23 heavy (non-hydrogen) atoms. The Kier molecular flexibility index (Phi) is 5.16. The largest absolute Gasteiger partial charge is 0.495 e. The quantitative estimate of drug-likeness (QED) is 0.486. The lowest BCUT2D eigenvalue weighted by Gasteiger charge is -2.13. The van der Waals surface area contributed by atoms with Gasteiger partial charge in [-0.15, -0.1) is 10.2 Å². The van der Waals surface area contributed by atoms with Crippen molar-refractivity contribution in [3.8, 4) is 5.75 Å². The molecule has 0 saturated carbocycles. The number of nitrogens with zero attached hydrogens (tertiary/aromatic N) is 4. The highest BCUT2D eigenvalue weighted by molar-refractivity contribution is 8.00. The van der Waals surface area contributed by atoms with E-state index in [0.717, 1.165) is 0 Å². The molecule has 0 unspecified atom stereocenters. The summed E-state index contributed by atoms with van der Waals surface area (Å²) in [6, 6.07) is 4.01. The Hall–Kier alpha value is -2.62. The van der Waals surface area contributed by atoms with E-state index in [2.05, 4.69) is 15.5 Å². The molecule has 0 spiro atoms. The Balaban J connectivity index is 2.14. The van der Waals surface area contributed by atoms with Crippen molar-refractivity contribution in [3.63, 3.8) is 0 Å². The van der Waals surface area contributed by atoms with Crippen LogP contribution in [-0.2, 0) is 11.8 Å². The number of nitro groups is 1. The number of thioether (sulfide) groups is 1. The van der Waals surface area contributed by atoms with Gasteiger partial charge < -0.3 is 14.6 Å². The molecular weight excluding hydrogens is 322 g/mol. The number of benzene rings is 1. The van der Waals surface area contributed by atoms with Crippen LogP contribution in [0.3, 0.4) is 0 Å². The lowest BCUT2D eigenvalue weighted by atomic mass is 10.2. The Labute approximate surface area is 136 Å². The van der Waals surface area contributed by atoms with Crippen molar-refractivity contribution in [1.82, 2.24) is 14.8 Å². The van der Waals surface area contributed by atoms with Crippen LogP contribution >= 0.6 is 11.8 Å². The van der Waals surface area contributed by atoms with Crippen LogP contribution < -0.4 is 10.1 Å². The zero-order chi connectivity index (χ0) is 17.0. The third-order valence-electron chi connectivity index (χ3n) is 2.97. The number of anilines is 1. The van der Waals surface area contributed by atoms with E-state index in [-0.39, 0.29) is 17.3 Å². The van der Waals surface area contributed by atoms with E-state index in [1.165, 1.54) is 43.4 Å². The Morgan fingerprint density at radius 3 is 2.83 bits per heavy atom. The first-order chi connectivity index (χ1) is 10.9. The van der Waals surface area contributed by atoms with Gasteiger partial charge in [0.1, 0.15) is 12.1 Å². The molecule has 0 aliphatic heterocycles. The van der Waals surface area contributed by atoms with Gasteiger partial charge in [0.15, 0.2) is 5.16 Å². The summed E-state index contributed by atoms with van der Waals surface area (Å²) in [5, 5.41) is 21.3. The second kappa shape index (κ2) is 7.09. The number of ether oxygens (including phenoxy) is 1. The fourth-order valence-electron chi connectivity index (χ4n) is 1.73. The highest BCUT2D eigenvalue weighted by Gasteiger charge is 2.20. The minimum absolute atomic E-state index is 0.130. The number of hydrogen-bond acceptors (Lipinski definition) is 7. The molecule has 1 aromatic heterocycles. The Morgan fingerprint density at radius 2 is 2.26 bits per heavy atom. The first-order valence-corrected chi connectivity index (χ1v) is 7.44. The van der Waals surface area contributed by atoms with E-state index < -0.39 is 10.2 Å². The lowest BCUT2D eigenvalue weighted by molar-refractivity contribution is -0.384. The van der Waals surface area contributed by atoms with Gasteiger partial charge in [0, 0.05) is 19.2 Å². The second-order valence-electron chi connectivity index (χ2n) is 4.62. The predicted octanol–water partition coefficient (Wildman–Crippen LogP) is 1.85. The topological polar surface area (TPSA) is 112 Å². The highest BCUT2D eigenvalue weighted by atomic mass is 32.2. The van der Waals surface area contributed by atoms with Crippen molar-refractivity contribution >= 4 is 29.0 Å². The maximum absolute atomic E-state index is 12.3. The number of aryl methyl sites for hydroxylation is 1. The minimum Gasteiger partial charge on any atom is -0.495 e. The number of amides is 1. The molecule has 0 fully saturated rings. The number of carbonyl (C=O) groups is 1. The van der Waals surface area contributed by atoms with Crippen LogP contribution in [0, 0.1) is 10.1 Å². The van der Waals surface area contributed by atoms with Crippen molar-refractivity contribution in [1.29, 1.82) is 0 Å². The van der Waals surface area contributed by atoms with E-state index >= 15 is 0 Å². The number of nitro benzene ring substituents is 1.